The first-order chi connectivity index (χ1) is 16.3. The van der Waals surface area contributed by atoms with E-state index in [0.29, 0.717) is 35.0 Å². The highest BCUT2D eigenvalue weighted by molar-refractivity contribution is 5.81. The van der Waals surface area contributed by atoms with Crippen molar-refractivity contribution in [3.63, 3.8) is 0 Å². The fourth-order valence-electron chi connectivity index (χ4n) is 3.51. The van der Waals surface area contributed by atoms with E-state index in [9.17, 15) is 29.8 Å². The lowest BCUT2D eigenvalue weighted by atomic mass is 10.2. The van der Waals surface area contributed by atoms with Crippen molar-refractivity contribution in [1.82, 2.24) is 9.55 Å². The lowest BCUT2D eigenvalue weighted by Crippen LogP contribution is -2.26. The summed E-state index contributed by atoms with van der Waals surface area (Å²) in [7, 11) is 0. The van der Waals surface area contributed by atoms with Crippen molar-refractivity contribution < 1.29 is 19.3 Å². The summed E-state index contributed by atoms with van der Waals surface area (Å²) in [4.78, 5) is 45.7. The molecule has 12 heteroatoms. The van der Waals surface area contributed by atoms with Gasteiger partial charge in [0.2, 0.25) is 5.56 Å². The Balaban J connectivity index is 0.000000172. The average molecular weight is 466 g/mol. The highest BCUT2D eigenvalue weighted by atomic mass is 16.7. The van der Waals surface area contributed by atoms with Gasteiger partial charge in [0.05, 0.1) is 35.1 Å². The summed E-state index contributed by atoms with van der Waals surface area (Å²) < 4.78 is 12.2. The van der Waals surface area contributed by atoms with E-state index in [4.69, 9.17) is 9.47 Å². The van der Waals surface area contributed by atoms with Gasteiger partial charge in [-0.2, -0.15) is 0 Å². The number of hydrogen-bond acceptors (Lipinski definition) is 8. The number of aromatic nitrogens is 2. The van der Waals surface area contributed by atoms with Crippen molar-refractivity contribution in [2.75, 3.05) is 13.2 Å². The third-order valence-corrected chi connectivity index (χ3v) is 5.12. The summed E-state index contributed by atoms with van der Waals surface area (Å²) in [5.74, 6) is 0. The van der Waals surface area contributed by atoms with Crippen molar-refractivity contribution in [1.29, 1.82) is 0 Å². The van der Waals surface area contributed by atoms with Gasteiger partial charge in [0.1, 0.15) is 0 Å². The molecule has 4 aromatic rings. The van der Waals surface area contributed by atoms with E-state index >= 15 is 0 Å². The predicted molar refractivity (Wildman–Crippen MR) is 122 cm³/mol. The summed E-state index contributed by atoms with van der Waals surface area (Å²) >= 11 is 0. The smallest absolute Gasteiger partial charge is 0.270 e. The van der Waals surface area contributed by atoms with Crippen LogP contribution in [0.2, 0.25) is 0 Å². The number of hydrogen-bond donors (Lipinski definition) is 1. The normalized spacial score (nSPS) is 13.5. The molecular weight excluding hydrogens is 448 g/mol. The molecule has 0 atom stereocenters. The first-order valence-electron chi connectivity index (χ1n) is 10.1. The maximum atomic E-state index is 12.0. The SMILES string of the molecule is O=c1ccc2cc([N+](=O)[O-])ccc2[nH]1.O=c1ccc2cc([N+](=O)[O-])ccc2n1CC1OCCO1. The van der Waals surface area contributed by atoms with Gasteiger partial charge < -0.3 is 19.0 Å². The number of ether oxygens (including phenoxy) is 2. The van der Waals surface area contributed by atoms with Crippen LogP contribution in [0, 0.1) is 20.2 Å². The van der Waals surface area contributed by atoms with E-state index in [0.717, 1.165) is 0 Å². The van der Waals surface area contributed by atoms with Gasteiger partial charge in [0, 0.05) is 52.7 Å². The standard InChI is InChI=1S/C13H12N2O5.C9H6N2O3/c16-12-4-1-9-7-10(15(17)18)2-3-11(9)14(12)8-13-19-5-6-20-13;12-9-4-1-6-5-7(11(13)14)2-3-8(6)10-9/h1-4,7,13H,5-6,8H2;1-5H,(H,10,12). The number of nitro benzene ring substituents is 2. The molecule has 0 spiro atoms. The second-order valence-corrected chi connectivity index (χ2v) is 7.30. The summed E-state index contributed by atoms with van der Waals surface area (Å²) in [6.45, 7) is 1.29. The van der Waals surface area contributed by atoms with Crippen LogP contribution >= 0.6 is 0 Å². The van der Waals surface area contributed by atoms with Gasteiger partial charge in [-0.3, -0.25) is 29.8 Å². The highest BCUT2D eigenvalue weighted by Crippen LogP contribution is 2.20. The molecule has 12 nitrogen and oxygen atoms in total. The lowest BCUT2D eigenvalue weighted by molar-refractivity contribution is -0.384. The molecule has 0 radical (unpaired) electrons. The first-order valence-corrected chi connectivity index (χ1v) is 10.1. The molecule has 0 saturated carbocycles. The van der Waals surface area contributed by atoms with Crippen molar-refractivity contribution >= 4 is 33.2 Å². The second-order valence-electron chi connectivity index (χ2n) is 7.30. The zero-order valence-electron chi connectivity index (χ0n) is 17.6. The number of nitro groups is 2. The molecule has 0 aliphatic carbocycles. The molecule has 1 saturated heterocycles. The molecule has 174 valence electrons. The van der Waals surface area contributed by atoms with E-state index in [1.807, 2.05) is 0 Å². The van der Waals surface area contributed by atoms with Crippen LogP contribution in [0.5, 0.6) is 0 Å². The minimum absolute atomic E-state index is 0.00364. The van der Waals surface area contributed by atoms with Crippen LogP contribution in [0.15, 0.2) is 70.3 Å². The van der Waals surface area contributed by atoms with Gasteiger partial charge in [0.15, 0.2) is 6.29 Å². The molecule has 1 aliphatic heterocycles. The van der Waals surface area contributed by atoms with Crippen molar-refractivity contribution in [3.05, 3.63) is 102 Å². The van der Waals surface area contributed by atoms with Crippen LogP contribution in [0.3, 0.4) is 0 Å². The Morgan fingerprint density at radius 1 is 0.853 bits per heavy atom. The Hall–Kier alpha value is -4.42. The quantitative estimate of drug-likeness (QED) is 0.355. The Morgan fingerprint density at radius 3 is 2.15 bits per heavy atom. The summed E-state index contributed by atoms with van der Waals surface area (Å²) in [6, 6.07) is 14.6. The average Bonchev–Trinajstić information content (AvgIpc) is 3.34. The monoisotopic (exact) mass is 466 g/mol. The molecule has 34 heavy (non-hydrogen) atoms. The molecule has 5 rings (SSSR count). The number of rotatable bonds is 4. The first kappa shape index (κ1) is 22.8. The molecular formula is C22H18N4O8. The number of non-ortho nitro benzene ring substituents is 2. The number of benzene rings is 2. The van der Waals surface area contributed by atoms with Gasteiger partial charge in [-0.05, 0) is 24.3 Å². The fourth-order valence-corrected chi connectivity index (χ4v) is 3.51. The van der Waals surface area contributed by atoms with Crippen LogP contribution in [-0.4, -0.2) is 38.9 Å². The van der Waals surface area contributed by atoms with Crippen molar-refractivity contribution in [3.8, 4) is 0 Å². The number of nitrogens with one attached hydrogen (secondary N) is 1. The Morgan fingerprint density at radius 2 is 1.47 bits per heavy atom. The Labute approximate surface area is 190 Å². The zero-order chi connectivity index (χ0) is 24.2. The predicted octanol–water partition coefficient (Wildman–Crippen LogP) is 2.72. The Kier molecular flexibility index (Phi) is 6.43. The maximum Gasteiger partial charge on any atom is 0.270 e. The van der Waals surface area contributed by atoms with E-state index in [-0.39, 0.29) is 29.0 Å². The summed E-state index contributed by atoms with van der Waals surface area (Å²) in [6.07, 6.45) is -0.450. The number of aromatic amines is 1. The third-order valence-electron chi connectivity index (χ3n) is 5.12. The van der Waals surface area contributed by atoms with Gasteiger partial charge in [0.25, 0.3) is 16.9 Å². The van der Waals surface area contributed by atoms with Gasteiger partial charge in [-0.15, -0.1) is 0 Å². The topological polar surface area (TPSA) is 160 Å². The van der Waals surface area contributed by atoms with Crippen LogP contribution in [0.1, 0.15) is 0 Å². The molecule has 1 aliphatic rings. The number of nitrogens with zero attached hydrogens (tertiary/aromatic N) is 3. The van der Waals surface area contributed by atoms with Gasteiger partial charge in [-0.1, -0.05) is 0 Å². The number of H-pyrrole nitrogens is 1. The van der Waals surface area contributed by atoms with E-state index < -0.39 is 16.1 Å². The van der Waals surface area contributed by atoms with Crippen molar-refractivity contribution in [2.45, 2.75) is 12.8 Å². The summed E-state index contributed by atoms with van der Waals surface area (Å²) in [5, 5.41) is 22.5. The van der Waals surface area contributed by atoms with Crippen molar-refractivity contribution in [2.24, 2.45) is 0 Å². The molecule has 0 unspecified atom stereocenters. The second kappa shape index (κ2) is 9.60. The minimum atomic E-state index is -0.468. The van der Waals surface area contributed by atoms with Gasteiger partial charge in [-0.25, -0.2) is 0 Å². The third kappa shape index (κ3) is 4.98. The largest absolute Gasteiger partial charge is 0.348 e. The molecule has 2 aromatic carbocycles. The van der Waals surface area contributed by atoms with E-state index in [1.54, 1.807) is 18.2 Å². The molecule has 2 aromatic heterocycles. The van der Waals surface area contributed by atoms with Gasteiger partial charge >= 0.3 is 0 Å². The van der Waals surface area contributed by atoms with E-state index in [1.165, 1.54) is 47.0 Å². The lowest BCUT2D eigenvalue weighted by Gasteiger charge is -2.13. The molecule has 1 N–H and O–H groups in total. The van der Waals surface area contributed by atoms with Crippen LogP contribution in [-0.2, 0) is 16.0 Å². The molecule has 3 heterocycles. The maximum absolute atomic E-state index is 12.0. The molecule has 0 amide bonds. The molecule has 0 bridgehead atoms. The fraction of sp³-hybridized carbons (Fsp3) is 0.182. The number of pyridine rings is 2. The number of fused-ring (bicyclic) bond motifs is 2. The summed E-state index contributed by atoms with van der Waals surface area (Å²) in [5.41, 5.74) is 0.836. The van der Waals surface area contributed by atoms with Crippen LogP contribution in [0.25, 0.3) is 21.8 Å². The zero-order valence-corrected chi connectivity index (χ0v) is 17.6. The van der Waals surface area contributed by atoms with E-state index in [2.05, 4.69) is 4.98 Å². The van der Waals surface area contributed by atoms with Crippen LogP contribution in [0.4, 0.5) is 11.4 Å². The molecule has 1 fully saturated rings. The Bertz CT molecular complexity index is 1500. The minimum Gasteiger partial charge on any atom is -0.348 e. The highest BCUT2D eigenvalue weighted by Gasteiger charge is 2.18. The van der Waals surface area contributed by atoms with Crippen LogP contribution < -0.4 is 11.1 Å².